The molecular formula is C19H21ClN2O. The zero-order valence-electron chi connectivity index (χ0n) is 13.5. The van der Waals surface area contributed by atoms with Crippen LogP contribution in [0.2, 0.25) is 5.02 Å². The van der Waals surface area contributed by atoms with E-state index >= 15 is 0 Å². The molecule has 4 heteroatoms. The minimum absolute atomic E-state index is 0.527. The number of nitrogens with zero attached hydrogens (tertiary/aromatic N) is 1. The number of H-pyrrole nitrogens is 1. The number of fused-ring (bicyclic) bond motifs is 1. The summed E-state index contributed by atoms with van der Waals surface area (Å²) in [5.74, 6) is 0.788. The third-order valence-electron chi connectivity index (χ3n) is 3.84. The van der Waals surface area contributed by atoms with Crippen LogP contribution in [0.1, 0.15) is 11.1 Å². The van der Waals surface area contributed by atoms with Gasteiger partial charge in [0, 0.05) is 28.5 Å². The molecule has 3 rings (SSSR count). The highest BCUT2D eigenvalue weighted by Gasteiger charge is 2.05. The lowest BCUT2D eigenvalue weighted by Crippen LogP contribution is -2.15. The Hall–Kier alpha value is -1.97. The van der Waals surface area contributed by atoms with E-state index in [0.717, 1.165) is 45.9 Å². The lowest BCUT2D eigenvalue weighted by Gasteiger charge is -2.12. The van der Waals surface area contributed by atoms with Gasteiger partial charge in [-0.05, 0) is 43.8 Å². The van der Waals surface area contributed by atoms with Crippen LogP contribution in [0.5, 0.6) is 5.88 Å². The second-order valence-corrected chi connectivity index (χ2v) is 6.40. The van der Waals surface area contributed by atoms with Crippen LogP contribution in [0.4, 0.5) is 0 Å². The van der Waals surface area contributed by atoms with Gasteiger partial charge in [-0.2, -0.15) is 0 Å². The van der Waals surface area contributed by atoms with Gasteiger partial charge in [0.25, 0.3) is 0 Å². The van der Waals surface area contributed by atoms with E-state index in [1.54, 1.807) is 0 Å². The van der Waals surface area contributed by atoms with Crippen molar-refractivity contribution in [2.75, 3.05) is 20.6 Å². The van der Waals surface area contributed by atoms with Crippen molar-refractivity contribution in [2.45, 2.75) is 13.0 Å². The zero-order chi connectivity index (χ0) is 16.2. The Morgan fingerprint density at radius 2 is 1.91 bits per heavy atom. The summed E-state index contributed by atoms with van der Waals surface area (Å²) < 4.78 is 5.89. The van der Waals surface area contributed by atoms with E-state index in [4.69, 9.17) is 16.3 Å². The van der Waals surface area contributed by atoms with Gasteiger partial charge in [0.2, 0.25) is 0 Å². The molecule has 0 saturated heterocycles. The lowest BCUT2D eigenvalue weighted by molar-refractivity contribution is 0.296. The summed E-state index contributed by atoms with van der Waals surface area (Å²) in [6, 6.07) is 16.3. The summed E-state index contributed by atoms with van der Waals surface area (Å²) >= 11 is 6.28. The Kier molecular flexibility index (Phi) is 4.89. The molecule has 120 valence electrons. The minimum atomic E-state index is 0.527. The average molecular weight is 329 g/mol. The summed E-state index contributed by atoms with van der Waals surface area (Å²) in [7, 11) is 4.13. The highest BCUT2D eigenvalue weighted by atomic mass is 35.5. The van der Waals surface area contributed by atoms with Crippen LogP contribution < -0.4 is 4.74 Å². The number of para-hydroxylation sites is 1. The zero-order valence-corrected chi connectivity index (χ0v) is 14.2. The van der Waals surface area contributed by atoms with Crippen molar-refractivity contribution in [2.24, 2.45) is 0 Å². The maximum Gasteiger partial charge on any atom is 0.192 e. The van der Waals surface area contributed by atoms with Gasteiger partial charge < -0.3 is 14.6 Å². The van der Waals surface area contributed by atoms with Crippen molar-refractivity contribution in [1.29, 1.82) is 0 Å². The molecule has 1 heterocycles. The second-order valence-electron chi connectivity index (χ2n) is 5.99. The van der Waals surface area contributed by atoms with Gasteiger partial charge in [-0.15, -0.1) is 0 Å². The van der Waals surface area contributed by atoms with Gasteiger partial charge in [-0.25, -0.2) is 0 Å². The van der Waals surface area contributed by atoms with Crippen molar-refractivity contribution in [1.82, 2.24) is 9.88 Å². The molecule has 0 aliphatic heterocycles. The minimum Gasteiger partial charge on any atom is -0.474 e. The molecule has 3 aromatic rings. The van der Waals surface area contributed by atoms with E-state index in [0.29, 0.717) is 6.61 Å². The number of nitrogens with one attached hydrogen (secondary N) is 1. The number of likely N-dealkylation sites (N-methyl/N-ethyl adjacent to an activating group) is 1. The van der Waals surface area contributed by atoms with Gasteiger partial charge in [-0.3, -0.25) is 0 Å². The quantitative estimate of drug-likeness (QED) is 0.721. The molecule has 3 nitrogen and oxygen atoms in total. The predicted octanol–water partition coefficient (Wildman–Crippen LogP) is 4.50. The predicted molar refractivity (Wildman–Crippen MR) is 96.3 cm³/mol. The van der Waals surface area contributed by atoms with Crippen LogP contribution in [-0.4, -0.2) is 30.5 Å². The fraction of sp³-hybridized carbons (Fsp3) is 0.263. The Labute approximate surface area is 141 Å². The third-order valence-corrected chi connectivity index (χ3v) is 4.21. The van der Waals surface area contributed by atoms with E-state index in [9.17, 15) is 0 Å². The van der Waals surface area contributed by atoms with Crippen molar-refractivity contribution < 1.29 is 4.74 Å². The molecule has 0 fully saturated rings. The summed E-state index contributed by atoms with van der Waals surface area (Å²) in [6.07, 6.45) is 0.937. The smallest absolute Gasteiger partial charge is 0.192 e. The molecule has 0 aliphatic rings. The van der Waals surface area contributed by atoms with Crippen molar-refractivity contribution in [3.8, 4) is 5.88 Å². The number of halogens is 1. The number of aromatic amines is 1. The molecule has 0 spiro atoms. The van der Waals surface area contributed by atoms with Crippen molar-refractivity contribution in [3.05, 3.63) is 64.7 Å². The van der Waals surface area contributed by atoms with Gasteiger partial charge in [0.15, 0.2) is 5.88 Å². The molecule has 0 unspecified atom stereocenters. The first kappa shape index (κ1) is 15.9. The first-order chi connectivity index (χ1) is 11.1. The first-order valence-electron chi connectivity index (χ1n) is 7.74. The van der Waals surface area contributed by atoms with Crippen LogP contribution in [-0.2, 0) is 13.0 Å². The fourth-order valence-corrected chi connectivity index (χ4v) is 2.75. The Morgan fingerprint density at radius 1 is 1.09 bits per heavy atom. The average Bonchev–Trinajstić information content (AvgIpc) is 2.95. The fourth-order valence-electron chi connectivity index (χ4n) is 2.54. The standard InChI is InChI=1S/C19H21ClN2O/c1-22(2)10-9-15-11-14(7-8-17(15)20)13-23-19-12-16-5-3-4-6-18(16)21-19/h3-8,11-12,21H,9-10,13H2,1-2H3. The monoisotopic (exact) mass is 328 g/mol. The summed E-state index contributed by atoms with van der Waals surface area (Å²) in [4.78, 5) is 5.43. The first-order valence-corrected chi connectivity index (χ1v) is 8.12. The second kappa shape index (κ2) is 7.07. The van der Waals surface area contributed by atoms with Crippen LogP contribution in [0.3, 0.4) is 0 Å². The molecule has 0 atom stereocenters. The number of hydrogen-bond acceptors (Lipinski definition) is 2. The molecule has 23 heavy (non-hydrogen) atoms. The summed E-state index contributed by atoms with van der Waals surface area (Å²) in [6.45, 7) is 1.50. The Bertz CT molecular complexity index is 762. The van der Waals surface area contributed by atoms with E-state index in [1.807, 2.05) is 36.4 Å². The molecule has 1 aromatic heterocycles. The number of benzene rings is 2. The molecule has 0 aliphatic carbocycles. The molecule has 0 saturated carbocycles. The molecule has 0 radical (unpaired) electrons. The van der Waals surface area contributed by atoms with Crippen molar-refractivity contribution >= 4 is 22.5 Å². The summed E-state index contributed by atoms with van der Waals surface area (Å²) in [5, 5.41) is 1.98. The van der Waals surface area contributed by atoms with Crippen LogP contribution in [0.25, 0.3) is 10.9 Å². The Morgan fingerprint density at radius 3 is 2.70 bits per heavy atom. The van der Waals surface area contributed by atoms with E-state index < -0.39 is 0 Å². The number of aromatic nitrogens is 1. The molecule has 1 N–H and O–H groups in total. The molecule has 0 amide bonds. The van der Waals surface area contributed by atoms with Crippen molar-refractivity contribution in [3.63, 3.8) is 0 Å². The number of hydrogen-bond donors (Lipinski definition) is 1. The Balaban J connectivity index is 1.68. The number of ether oxygens (including phenoxy) is 1. The SMILES string of the molecule is CN(C)CCc1cc(COc2cc3ccccc3[nH]2)ccc1Cl. The van der Waals surface area contributed by atoms with E-state index in [2.05, 4.69) is 36.1 Å². The highest BCUT2D eigenvalue weighted by Crippen LogP contribution is 2.22. The van der Waals surface area contributed by atoms with E-state index in [1.165, 1.54) is 0 Å². The molecule has 0 bridgehead atoms. The largest absolute Gasteiger partial charge is 0.474 e. The van der Waals surface area contributed by atoms with E-state index in [-0.39, 0.29) is 0 Å². The van der Waals surface area contributed by atoms with Crippen LogP contribution in [0.15, 0.2) is 48.5 Å². The van der Waals surface area contributed by atoms with Gasteiger partial charge in [-0.1, -0.05) is 41.9 Å². The summed E-state index contributed by atoms with van der Waals surface area (Å²) in [5.41, 5.74) is 3.38. The van der Waals surface area contributed by atoms with Gasteiger partial charge >= 0.3 is 0 Å². The van der Waals surface area contributed by atoms with Gasteiger partial charge in [0.05, 0.1) is 0 Å². The lowest BCUT2D eigenvalue weighted by atomic mass is 10.1. The highest BCUT2D eigenvalue weighted by molar-refractivity contribution is 6.31. The van der Waals surface area contributed by atoms with Crippen LogP contribution >= 0.6 is 11.6 Å². The maximum absolute atomic E-state index is 6.28. The molecular weight excluding hydrogens is 308 g/mol. The number of rotatable bonds is 6. The normalized spacial score (nSPS) is 11.3. The topological polar surface area (TPSA) is 28.3 Å². The third kappa shape index (κ3) is 4.06. The molecule has 2 aromatic carbocycles. The van der Waals surface area contributed by atoms with Gasteiger partial charge in [0.1, 0.15) is 6.61 Å². The van der Waals surface area contributed by atoms with Crippen LogP contribution in [0, 0.1) is 0 Å². The maximum atomic E-state index is 6.28.